The van der Waals surface area contributed by atoms with Crippen molar-refractivity contribution in [1.82, 2.24) is 5.32 Å². The largest absolute Gasteiger partial charge is 0.374 e. The van der Waals surface area contributed by atoms with Gasteiger partial charge < -0.3 is 10.1 Å². The van der Waals surface area contributed by atoms with Crippen LogP contribution in [0.2, 0.25) is 0 Å². The molecule has 5 nitrogen and oxygen atoms in total. The molecule has 1 aliphatic rings. The molecule has 1 aliphatic heterocycles. The molecule has 0 aromatic heterocycles. The number of para-hydroxylation sites is 1. The molecule has 18 heavy (non-hydrogen) atoms. The van der Waals surface area contributed by atoms with Crippen molar-refractivity contribution < 1.29 is 9.66 Å². The van der Waals surface area contributed by atoms with Crippen molar-refractivity contribution in [3.8, 4) is 0 Å². The average molecular weight is 250 g/mol. The maximum absolute atomic E-state index is 10.8. The summed E-state index contributed by atoms with van der Waals surface area (Å²) >= 11 is 0. The molecule has 0 spiro atoms. The fourth-order valence-electron chi connectivity index (χ4n) is 2.24. The molecule has 2 unspecified atom stereocenters. The minimum atomic E-state index is -0.342. The highest BCUT2D eigenvalue weighted by Crippen LogP contribution is 2.19. The zero-order chi connectivity index (χ0) is 13.0. The number of ether oxygens (including phenoxy) is 1. The minimum Gasteiger partial charge on any atom is -0.374 e. The monoisotopic (exact) mass is 250 g/mol. The quantitative estimate of drug-likeness (QED) is 0.643. The third kappa shape index (κ3) is 3.27. The first-order valence-corrected chi connectivity index (χ1v) is 6.25. The number of hydrogen-bond donors (Lipinski definition) is 1. The maximum Gasteiger partial charge on any atom is 0.273 e. The topological polar surface area (TPSA) is 64.4 Å². The Kier molecular flexibility index (Phi) is 4.28. The van der Waals surface area contributed by atoms with E-state index in [4.69, 9.17) is 4.74 Å². The smallest absolute Gasteiger partial charge is 0.273 e. The van der Waals surface area contributed by atoms with Gasteiger partial charge in [-0.05, 0) is 19.8 Å². The Morgan fingerprint density at radius 3 is 2.89 bits per heavy atom. The summed E-state index contributed by atoms with van der Waals surface area (Å²) in [5.41, 5.74) is 0.888. The highest BCUT2D eigenvalue weighted by Gasteiger charge is 2.21. The maximum atomic E-state index is 10.8. The summed E-state index contributed by atoms with van der Waals surface area (Å²) in [5.74, 6) is 0. The summed E-state index contributed by atoms with van der Waals surface area (Å²) in [6.45, 7) is 3.32. The van der Waals surface area contributed by atoms with Crippen LogP contribution in [0.25, 0.3) is 0 Å². The molecule has 98 valence electrons. The number of hydrogen-bond acceptors (Lipinski definition) is 4. The fourth-order valence-corrected chi connectivity index (χ4v) is 2.24. The first kappa shape index (κ1) is 13.0. The van der Waals surface area contributed by atoms with E-state index in [1.54, 1.807) is 12.1 Å². The van der Waals surface area contributed by atoms with E-state index in [9.17, 15) is 10.1 Å². The van der Waals surface area contributed by atoms with Gasteiger partial charge in [0.15, 0.2) is 0 Å². The molecule has 1 aromatic carbocycles. The van der Waals surface area contributed by atoms with Crippen molar-refractivity contribution in [3.63, 3.8) is 0 Å². The summed E-state index contributed by atoms with van der Waals surface area (Å²) in [7, 11) is 0. The van der Waals surface area contributed by atoms with Crippen molar-refractivity contribution in [1.29, 1.82) is 0 Å². The lowest BCUT2D eigenvalue weighted by atomic mass is 10.1. The summed E-state index contributed by atoms with van der Waals surface area (Å²) in [5, 5.41) is 14.1. The number of nitro benzene ring substituents is 1. The second-order valence-electron chi connectivity index (χ2n) is 4.66. The zero-order valence-electron chi connectivity index (χ0n) is 10.5. The minimum absolute atomic E-state index is 0.172. The summed E-state index contributed by atoms with van der Waals surface area (Å²) in [6, 6.07) is 6.82. The van der Waals surface area contributed by atoms with E-state index < -0.39 is 0 Å². The molecular weight excluding hydrogens is 232 g/mol. The molecule has 5 heteroatoms. The van der Waals surface area contributed by atoms with E-state index in [-0.39, 0.29) is 16.7 Å². The Balaban J connectivity index is 1.85. The molecule has 1 fully saturated rings. The first-order chi connectivity index (χ1) is 8.66. The Morgan fingerprint density at radius 1 is 1.44 bits per heavy atom. The molecule has 1 saturated heterocycles. The van der Waals surface area contributed by atoms with E-state index in [0.717, 1.165) is 19.4 Å². The predicted octanol–water partition coefficient (Wildman–Crippen LogP) is 2.25. The van der Waals surface area contributed by atoms with Gasteiger partial charge >= 0.3 is 0 Å². The molecule has 0 bridgehead atoms. The lowest BCUT2D eigenvalue weighted by Crippen LogP contribution is -2.26. The SMILES string of the molecule is CC1CCC(CNCc2ccccc2[N+](=O)[O-])O1. The summed E-state index contributed by atoms with van der Waals surface area (Å²) in [4.78, 5) is 10.5. The first-order valence-electron chi connectivity index (χ1n) is 6.25. The predicted molar refractivity (Wildman–Crippen MR) is 68.4 cm³/mol. The van der Waals surface area contributed by atoms with Crippen LogP contribution in [0.1, 0.15) is 25.3 Å². The van der Waals surface area contributed by atoms with Crippen LogP contribution in [-0.4, -0.2) is 23.7 Å². The van der Waals surface area contributed by atoms with Gasteiger partial charge in [-0.15, -0.1) is 0 Å². The van der Waals surface area contributed by atoms with Gasteiger partial charge in [-0.25, -0.2) is 0 Å². The van der Waals surface area contributed by atoms with E-state index in [1.807, 2.05) is 6.07 Å². The van der Waals surface area contributed by atoms with Gasteiger partial charge in [0, 0.05) is 24.7 Å². The lowest BCUT2D eigenvalue weighted by molar-refractivity contribution is -0.385. The van der Waals surface area contributed by atoms with Crippen LogP contribution in [0.3, 0.4) is 0 Å². The van der Waals surface area contributed by atoms with Gasteiger partial charge in [0.25, 0.3) is 5.69 Å². The van der Waals surface area contributed by atoms with Gasteiger partial charge in [0.05, 0.1) is 17.1 Å². The van der Waals surface area contributed by atoms with Crippen molar-refractivity contribution >= 4 is 5.69 Å². The van der Waals surface area contributed by atoms with Crippen LogP contribution in [-0.2, 0) is 11.3 Å². The Morgan fingerprint density at radius 2 is 2.22 bits per heavy atom. The summed E-state index contributed by atoms with van der Waals surface area (Å²) in [6.07, 6.45) is 2.73. The molecule has 0 aliphatic carbocycles. The molecule has 1 aromatic rings. The molecule has 2 rings (SSSR count). The summed E-state index contributed by atoms with van der Waals surface area (Å²) < 4.78 is 5.68. The number of benzene rings is 1. The highest BCUT2D eigenvalue weighted by atomic mass is 16.6. The number of nitro groups is 1. The molecule has 0 radical (unpaired) electrons. The Labute approximate surface area is 106 Å². The van der Waals surface area contributed by atoms with Crippen LogP contribution in [0, 0.1) is 10.1 Å². The van der Waals surface area contributed by atoms with Crippen LogP contribution < -0.4 is 5.32 Å². The molecule has 1 N–H and O–H groups in total. The molecule has 0 saturated carbocycles. The third-order valence-corrected chi connectivity index (χ3v) is 3.20. The Bertz CT molecular complexity index is 422. The molecule has 0 amide bonds. The van der Waals surface area contributed by atoms with Gasteiger partial charge in [-0.2, -0.15) is 0 Å². The van der Waals surface area contributed by atoms with Crippen LogP contribution in [0.5, 0.6) is 0 Å². The normalized spacial score (nSPS) is 23.2. The zero-order valence-corrected chi connectivity index (χ0v) is 10.5. The van der Waals surface area contributed by atoms with Gasteiger partial charge in [0.2, 0.25) is 0 Å². The number of rotatable bonds is 5. The van der Waals surface area contributed by atoms with Crippen molar-refractivity contribution in [2.24, 2.45) is 0 Å². The molecular formula is C13H18N2O3. The lowest BCUT2D eigenvalue weighted by Gasteiger charge is -2.12. The van der Waals surface area contributed by atoms with Crippen LogP contribution >= 0.6 is 0 Å². The molecule has 2 atom stereocenters. The standard InChI is InChI=1S/C13H18N2O3/c1-10-6-7-12(18-10)9-14-8-11-4-2-3-5-13(11)15(16)17/h2-5,10,12,14H,6-9H2,1H3. The molecule has 1 heterocycles. The Hall–Kier alpha value is -1.46. The van der Waals surface area contributed by atoms with E-state index >= 15 is 0 Å². The second-order valence-corrected chi connectivity index (χ2v) is 4.66. The average Bonchev–Trinajstić information content (AvgIpc) is 2.75. The highest BCUT2D eigenvalue weighted by molar-refractivity contribution is 5.39. The third-order valence-electron chi connectivity index (χ3n) is 3.20. The van der Waals surface area contributed by atoms with Crippen LogP contribution in [0.4, 0.5) is 5.69 Å². The van der Waals surface area contributed by atoms with E-state index in [2.05, 4.69) is 12.2 Å². The van der Waals surface area contributed by atoms with Crippen molar-refractivity contribution in [2.75, 3.05) is 6.54 Å². The van der Waals surface area contributed by atoms with Gasteiger partial charge in [0.1, 0.15) is 0 Å². The van der Waals surface area contributed by atoms with Gasteiger partial charge in [-0.1, -0.05) is 18.2 Å². The van der Waals surface area contributed by atoms with Crippen molar-refractivity contribution in [3.05, 3.63) is 39.9 Å². The van der Waals surface area contributed by atoms with Gasteiger partial charge in [-0.3, -0.25) is 10.1 Å². The fraction of sp³-hybridized carbons (Fsp3) is 0.538. The number of nitrogens with zero attached hydrogens (tertiary/aromatic N) is 1. The van der Waals surface area contributed by atoms with E-state index in [0.29, 0.717) is 18.2 Å². The van der Waals surface area contributed by atoms with Crippen molar-refractivity contribution in [2.45, 2.75) is 38.5 Å². The van der Waals surface area contributed by atoms with Crippen LogP contribution in [0.15, 0.2) is 24.3 Å². The van der Waals surface area contributed by atoms with E-state index in [1.165, 1.54) is 6.07 Å². The second kappa shape index (κ2) is 5.93. The number of nitrogens with one attached hydrogen (secondary N) is 1.